The van der Waals surface area contributed by atoms with Crippen LogP contribution in [0.2, 0.25) is 0 Å². The molecular formula is C20H23FN3O3+. The second-order valence-electron chi connectivity index (χ2n) is 6.32. The average molecular weight is 372 g/mol. The van der Waals surface area contributed by atoms with E-state index in [1.807, 2.05) is 13.0 Å². The fourth-order valence-corrected chi connectivity index (χ4v) is 3.08. The maximum absolute atomic E-state index is 13.4. The number of fused-ring (bicyclic) bond motifs is 1. The summed E-state index contributed by atoms with van der Waals surface area (Å²) < 4.78 is 24.0. The summed E-state index contributed by atoms with van der Waals surface area (Å²) in [5.74, 6) is 1.33. The van der Waals surface area contributed by atoms with Crippen LogP contribution in [0.15, 0.2) is 41.2 Å². The molecule has 0 aliphatic rings. The third-order valence-electron chi connectivity index (χ3n) is 4.52. The minimum Gasteiger partial charge on any atom is -0.493 e. The second kappa shape index (κ2) is 8.18. The first-order valence-electron chi connectivity index (χ1n) is 8.77. The van der Waals surface area contributed by atoms with Crippen molar-refractivity contribution in [3.8, 4) is 11.5 Å². The summed E-state index contributed by atoms with van der Waals surface area (Å²) in [6, 6.07) is 9.88. The van der Waals surface area contributed by atoms with Crippen molar-refractivity contribution < 1.29 is 18.8 Å². The summed E-state index contributed by atoms with van der Waals surface area (Å²) in [5.41, 5.74) is 1.23. The minimum atomic E-state index is -0.249. The van der Waals surface area contributed by atoms with E-state index in [0.29, 0.717) is 41.3 Å². The molecule has 0 radical (unpaired) electrons. The van der Waals surface area contributed by atoms with Crippen LogP contribution in [-0.4, -0.2) is 30.7 Å². The number of benzene rings is 2. The van der Waals surface area contributed by atoms with Gasteiger partial charge in [0.25, 0.3) is 5.56 Å². The van der Waals surface area contributed by atoms with Crippen molar-refractivity contribution in [2.24, 2.45) is 0 Å². The molecule has 0 aliphatic carbocycles. The summed E-state index contributed by atoms with van der Waals surface area (Å²) >= 11 is 0. The minimum absolute atomic E-state index is 0.225. The molecule has 0 fully saturated rings. The van der Waals surface area contributed by atoms with Crippen molar-refractivity contribution in [2.75, 3.05) is 20.8 Å². The molecule has 1 heterocycles. The van der Waals surface area contributed by atoms with Crippen LogP contribution in [-0.2, 0) is 13.1 Å². The monoisotopic (exact) mass is 372 g/mol. The first-order valence-corrected chi connectivity index (χ1v) is 8.77. The Morgan fingerprint density at radius 1 is 1.11 bits per heavy atom. The number of H-pyrrole nitrogens is 1. The van der Waals surface area contributed by atoms with E-state index in [0.717, 1.165) is 17.0 Å². The molecule has 0 spiro atoms. The molecule has 3 rings (SSSR count). The highest BCUT2D eigenvalue weighted by molar-refractivity contribution is 5.81. The molecule has 2 aromatic carbocycles. The lowest BCUT2D eigenvalue weighted by atomic mass is 10.2. The Balaban J connectivity index is 1.90. The summed E-state index contributed by atoms with van der Waals surface area (Å²) in [5, 5.41) is 0.444. The van der Waals surface area contributed by atoms with E-state index in [1.165, 1.54) is 19.2 Å². The van der Waals surface area contributed by atoms with Gasteiger partial charge in [-0.25, -0.2) is 9.37 Å². The highest BCUT2D eigenvalue weighted by atomic mass is 19.1. The lowest BCUT2D eigenvalue weighted by molar-refractivity contribution is -0.926. The van der Waals surface area contributed by atoms with Gasteiger partial charge in [-0.2, -0.15) is 0 Å². The van der Waals surface area contributed by atoms with Gasteiger partial charge in [-0.1, -0.05) is 12.1 Å². The predicted molar refractivity (Wildman–Crippen MR) is 101 cm³/mol. The number of aromatic nitrogens is 2. The smallest absolute Gasteiger partial charge is 0.259 e. The summed E-state index contributed by atoms with van der Waals surface area (Å²) in [4.78, 5) is 21.1. The molecule has 0 saturated heterocycles. The molecular weight excluding hydrogens is 349 g/mol. The first kappa shape index (κ1) is 18.8. The van der Waals surface area contributed by atoms with Gasteiger partial charge in [-0.15, -0.1) is 0 Å². The molecule has 0 saturated carbocycles. The van der Waals surface area contributed by atoms with E-state index in [4.69, 9.17) is 9.47 Å². The van der Waals surface area contributed by atoms with Gasteiger partial charge < -0.3 is 19.4 Å². The van der Waals surface area contributed by atoms with E-state index in [1.54, 1.807) is 25.3 Å². The number of hydrogen-bond acceptors (Lipinski definition) is 4. The van der Waals surface area contributed by atoms with Gasteiger partial charge in [0.1, 0.15) is 18.9 Å². The molecule has 6 nitrogen and oxygen atoms in total. The summed E-state index contributed by atoms with van der Waals surface area (Å²) in [6.45, 7) is 4.01. The molecule has 142 valence electrons. The lowest BCUT2D eigenvalue weighted by Crippen LogP contribution is -3.09. The molecule has 2 N–H and O–H groups in total. The van der Waals surface area contributed by atoms with E-state index < -0.39 is 0 Å². The molecule has 0 aliphatic heterocycles. The van der Waals surface area contributed by atoms with Crippen LogP contribution in [0.25, 0.3) is 10.9 Å². The summed E-state index contributed by atoms with van der Waals surface area (Å²) in [7, 11) is 3.06. The van der Waals surface area contributed by atoms with E-state index >= 15 is 0 Å². The molecule has 1 unspecified atom stereocenters. The molecule has 1 atom stereocenters. The fourth-order valence-electron chi connectivity index (χ4n) is 3.08. The highest BCUT2D eigenvalue weighted by Crippen LogP contribution is 2.29. The maximum atomic E-state index is 13.4. The SMILES string of the molecule is CC[NH+](Cc1cccc(F)c1)Cc1nc2cc(OC)c(OC)cc2c(=O)[nH]1. The van der Waals surface area contributed by atoms with Gasteiger partial charge in [-0.3, -0.25) is 4.79 Å². The quantitative estimate of drug-likeness (QED) is 0.662. The Labute approximate surface area is 156 Å². The number of ether oxygens (including phenoxy) is 2. The Morgan fingerprint density at radius 2 is 1.85 bits per heavy atom. The standard InChI is InChI=1S/C20H22FN3O3/c1-4-24(11-13-6-5-7-14(21)8-13)12-19-22-16-10-18(27-3)17(26-2)9-15(16)20(25)23-19/h5-10H,4,11-12H2,1-3H3,(H,22,23,25)/p+1. The second-order valence-corrected chi connectivity index (χ2v) is 6.32. The van der Waals surface area contributed by atoms with Crippen molar-refractivity contribution in [3.05, 3.63) is 64.0 Å². The lowest BCUT2D eigenvalue weighted by Gasteiger charge is -2.17. The van der Waals surface area contributed by atoms with Gasteiger partial charge in [0.2, 0.25) is 0 Å². The van der Waals surface area contributed by atoms with Crippen molar-refractivity contribution in [2.45, 2.75) is 20.0 Å². The highest BCUT2D eigenvalue weighted by Gasteiger charge is 2.15. The number of methoxy groups -OCH3 is 2. The van der Waals surface area contributed by atoms with Gasteiger partial charge in [0.05, 0.1) is 31.7 Å². The first-order chi connectivity index (χ1) is 13.0. The Kier molecular flexibility index (Phi) is 5.71. The number of aromatic amines is 1. The largest absolute Gasteiger partial charge is 0.493 e. The van der Waals surface area contributed by atoms with Crippen LogP contribution in [0, 0.1) is 5.82 Å². The van der Waals surface area contributed by atoms with Crippen LogP contribution in [0.1, 0.15) is 18.3 Å². The van der Waals surface area contributed by atoms with E-state index in [9.17, 15) is 9.18 Å². The average Bonchev–Trinajstić information content (AvgIpc) is 2.66. The molecule has 1 aromatic heterocycles. The molecule has 27 heavy (non-hydrogen) atoms. The zero-order chi connectivity index (χ0) is 19.4. The van der Waals surface area contributed by atoms with Crippen LogP contribution in [0.5, 0.6) is 11.5 Å². The topological polar surface area (TPSA) is 68.7 Å². The molecule has 3 aromatic rings. The Morgan fingerprint density at radius 3 is 2.52 bits per heavy atom. The van der Waals surface area contributed by atoms with Crippen molar-refractivity contribution >= 4 is 10.9 Å². The zero-order valence-corrected chi connectivity index (χ0v) is 15.6. The number of hydrogen-bond donors (Lipinski definition) is 2. The number of rotatable bonds is 7. The third-order valence-corrected chi connectivity index (χ3v) is 4.52. The Bertz CT molecular complexity index is 1000. The van der Waals surface area contributed by atoms with Crippen molar-refractivity contribution in [1.29, 1.82) is 0 Å². The maximum Gasteiger partial charge on any atom is 0.259 e. The van der Waals surface area contributed by atoms with Gasteiger partial charge >= 0.3 is 0 Å². The third kappa shape index (κ3) is 4.25. The molecule has 7 heteroatoms. The number of halogens is 1. The number of quaternary nitrogens is 1. The van der Waals surface area contributed by atoms with E-state index in [-0.39, 0.29) is 11.4 Å². The van der Waals surface area contributed by atoms with Crippen molar-refractivity contribution in [1.82, 2.24) is 9.97 Å². The normalized spacial score (nSPS) is 12.1. The van der Waals surface area contributed by atoms with Crippen molar-refractivity contribution in [3.63, 3.8) is 0 Å². The van der Waals surface area contributed by atoms with Gasteiger partial charge in [0, 0.05) is 11.6 Å². The van der Waals surface area contributed by atoms with Crippen LogP contribution in [0.4, 0.5) is 4.39 Å². The van der Waals surface area contributed by atoms with Crippen LogP contribution >= 0.6 is 0 Å². The van der Waals surface area contributed by atoms with Gasteiger partial charge in [-0.05, 0) is 25.1 Å². The molecule has 0 amide bonds. The number of nitrogens with one attached hydrogen (secondary N) is 2. The summed E-state index contributed by atoms with van der Waals surface area (Å²) in [6.07, 6.45) is 0. The van der Waals surface area contributed by atoms with Crippen LogP contribution < -0.4 is 19.9 Å². The molecule has 0 bridgehead atoms. The number of nitrogens with zero attached hydrogens (tertiary/aromatic N) is 1. The zero-order valence-electron chi connectivity index (χ0n) is 15.6. The van der Waals surface area contributed by atoms with E-state index in [2.05, 4.69) is 9.97 Å². The van der Waals surface area contributed by atoms with Crippen LogP contribution in [0.3, 0.4) is 0 Å². The fraction of sp³-hybridized carbons (Fsp3) is 0.300. The van der Waals surface area contributed by atoms with Gasteiger partial charge in [0.15, 0.2) is 17.3 Å². The predicted octanol–water partition coefficient (Wildman–Crippen LogP) is 1.68. The Hall–Kier alpha value is -2.93.